The third kappa shape index (κ3) is 12.2. The maximum absolute atomic E-state index is 15.3. The quantitative estimate of drug-likeness (QED) is 0.0224. The maximum atomic E-state index is 15.3. The van der Waals surface area contributed by atoms with E-state index < -0.39 is 44.7 Å². The van der Waals surface area contributed by atoms with E-state index in [0.29, 0.717) is 73.2 Å². The van der Waals surface area contributed by atoms with Crippen molar-refractivity contribution in [2.24, 2.45) is 22.9 Å². The van der Waals surface area contributed by atoms with Gasteiger partial charge in [0, 0.05) is 68.9 Å². The van der Waals surface area contributed by atoms with Gasteiger partial charge in [-0.2, -0.15) is 4.31 Å². The lowest BCUT2D eigenvalue weighted by Gasteiger charge is -2.59. The van der Waals surface area contributed by atoms with Gasteiger partial charge in [-0.05, 0) is 115 Å². The van der Waals surface area contributed by atoms with Gasteiger partial charge in [0.2, 0.25) is 21.7 Å². The molecule has 0 unspecified atom stereocenters. The van der Waals surface area contributed by atoms with Crippen LogP contribution in [0.3, 0.4) is 0 Å². The number of nitro benzene ring substituents is 1. The molecule has 71 heavy (non-hydrogen) atoms. The van der Waals surface area contributed by atoms with Crippen molar-refractivity contribution in [3.63, 3.8) is 0 Å². The van der Waals surface area contributed by atoms with Crippen LogP contribution in [-0.2, 0) is 37.5 Å². The molecule has 1 saturated carbocycles. The Morgan fingerprint density at radius 1 is 0.972 bits per heavy atom. The molecule has 6 atom stereocenters. The molecule has 4 aromatic rings. The van der Waals surface area contributed by atoms with E-state index in [1.165, 1.54) is 47.6 Å². The molecule has 0 saturated heterocycles. The number of anilines is 1. The van der Waals surface area contributed by atoms with E-state index >= 15 is 8.42 Å². The van der Waals surface area contributed by atoms with Crippen molar-refractivity contribution in [3.8, 4) is 11.5 Å². The molecule has 0 bridgehead atoms. The van der Waals surface area contributed by atoms with Crippen LogP contribution in [0.2, 0.25) is 0 Å². The van der Waals surface area contributed by atoms with Crippen LogP contribution in [0.4, 0.5) is 16.2 Å². The van der Waals surface area contributed by atoms with Gasteiger partial charge in [-0.1, -0.05) is 67.4 Å². The van der Waals surface area contributed by atoms with Gasteiger partial charge in [-0.25, -0.2) is 13.2 Å². The van der Waals surface area contributed by atoms with Crippen molar-refractivity contribution in [3.05, 3.63) is 148 Å². The van der Waals surface area contributed by atoms with Crippen molar-refractivity contribution >= 4 is 39.1 Å². The number of amides is 2. The van der Waals surface area contributed by atoms with Crippen LogP contribution in [0.25, 0.3) is 0 Å². The summed E-state index contributed by atoms with van der Waals surface area (Å²) in [7, 11) is -4.37. The van der Waals surface area contributed by atoms with Gasteiger partial charge >= 0.3 is 6.09 Å². The summed E-state index contributed by atoms with van der Waals surface area (Å²) in [5, 5.41) is 41.7. The highest BCUT2D eigenvalue weighted by Gasteiger charge is 2.66. The van der Waals surface area contributed by atoms with Crippen molar-refractivity contribution in [1.82, 2.24) is 9.62 Å². The number of nitrogens with zero attached hydrogens (tertiary/aromatic N) is 3. The number of aliphatic hydroxyl groups is 2. The number of nitrogens with one attached hydrogen (secondary N) is 2. The molecule has 378 valence electrons. The Balaban J connectivity index is 1.41. The molecule has 4 aromatic carbocycles. The number of allylic oxidation sites excluding steroid dienone is 1. The highest BCUT2D eigenvalue weighted by atomic mass is 32.2. The highest BCUT2D eigenvalue weighted by molar-refractivity contribution is 7.89. The first-order valence-electron chi connectivity index (χ1n) is 24.2. The Labute approximate surface area is 414 Å². The molecule has 7 rings (SSSR count). The summed E-state index contributed by atoms with van der Waals surface area (Å²) < 4.78 is 52.3. The summed E-state index contributed by atoms with van der Waals surface area (Å²) in [6, 6.07) is 25.4. The fourth-order valence-corrected chi connectivity index (χ4v) is 11.9. The topological polar surface area (TPSA) is 228 Å². The number of hydrogen-bond acceptors (Lipinski definition) is 13. The van der Waals surface area contributed by atoms with E-state index in [0.717, 1.165) is 11.1 Å². The number of sulfonamides is 1. The van der Waals surface area contributed by atoms with Gasteiger partial charge in [0.05, 0.1) is 34.1 Å². The minimum Gasteiger partial charge on any atom is -0.460 e. The normalized spacial score (nSPS) is 21.8. The molecule has 2 aliphatic carbocycles. The highest BCUT2D eigenvalue weighted by Crippen LogP contribution is 2.62. The van der Waals surface area contributed by atoms with E-state index in [9.17, 15) is 29.9 Å². The number of aliphatic hydroxyl groups excluding tert-OH is 2. The minimum absolute atomic E-state index is 0.00924. The fraction of sp³-hybridized carbons (Fsp3) is 0.415. The first-order valence-corrected chi connectivity index (χ1v) is 25.6. The number of carbonyl (C=O) groups is 2. The second-order valence-corrected chi connectivity index (χ2v) is 19.9. The molecule has 1 heterocycles. The lowest BCUT2D eigenvalue weighted by Crippen LogP contribution is -2.70. The van der Waals surface area contributed by atoms with Crippen LogP contribution in [0.1, 0.15) is 87.8 Å². The summed E-state index contributed by atoms with van der Waals surface area (Å²) in [6.45, 7) is 7.41. The fourth-order valence-electron chi connectivity index (χ4n) is 10.2. The van der Waals surface area contributed by atoms with E-state index in [4.69, 9.17) is 24.2 Å². The number of benzene rings is 4. The molecule has 0 aromatic heterocycles. The number of ether oxygens (including phenoxy) is 3. The SMILES string of the molecule is C=CCO[C@@]12Oc3ccc(OC(=O)NCc4ccccc4)cc3[C@H]3[C@H](CCCCO)[C@@H](CCCCO)C=C(C(=NOCc4ccc([N+](=O)[O-])cc4)C[C@@H]1N(CCC)S(=O)(=O)c1ccc(NC(C)=O)cc1)[C@H]32. The largest absolute Gasteiger partial charge is 0.460 e. The molecular weight excluding hydrogens is 931 g/mol. The summed E-state index contributed by atoms with van der Waals surface area (Å²) >= 11 is 0. The molecule has 3 aliphatic rings. The third-order valence-electron chi connectivity index (χ3n) is 13.3. The second-order valence-electron chi connectivity index (χ2n) is 18.0. The zero-order valence-electron chi connectivity index (χ0n) is 40.1. The zero-order chi connectivity index (χ0) is 50.5. The third-order valence-corrected chi connectivity index (χ3v) is 15.2. The Kier molecular flexibility index (Phi) is 17.8. The zero-order valence-corrected chi connectivity index (χ0v) is 40.9. The molecule has 1 aliphatic heterocycles. The molecule has 1 fully saturated rings. The second kappa shape index (κ2) is 24.1. The average molecular weight is 994 g/mol. The first kappa shape index (κ1) is 52.4. The van der Waals surface area contributed by atoms with Crippen LogP contribution in [0.15, 0.2) is 131 Å². The van der Waals surface area contributed by atoms with Gasteiger partial charge in [-0.15, -0.1) is 6.58 Å². The Hall–Kier alpha value is -6.44. The first-order chi connectivity index (χ1) is 34.3. The van der Waals surface area contributed by atoms with E-state index in [1.807, 2.05) is 37.3 Å². The molecule has 4 N–H and O–H groups in total. The van der Waals surface area contributed by atoms with Gasteiger partial charge in [0.1, 0.15) is 18.1 Å². The molecule has 17 nitrogen and oxygen atoms in total. The van der Waals surface area contributed by atoms with Crippen LogP contribution >= 0.6 is 0 Å². The lowest BCUT2D eigenvalue weighted by atomic mass is 9.55. The predicted molar refractivity (Wildman–Crippen MR) is 267 cm³/mol. The standard InChI is InChI=1S/C53H63N5O12S/c1-4-27-57(71(65,66)43-24-19-40(20-25-43)55-36(3)61)49-33-47(56-68-35-38-17-21-41(22-18-38)58(63)64)45-31-39(15-9-11-28-59)44(16-10-12-29-60)50-46-32-42(69-52(62)54-34-37-13-7-6-8-14-37)23-26-48(46)70-53(49,51(45)50)67-30-5-2/h5-8,13-14,17-26,31-32,39,44,49-51,59-60H,2,4,9-12,15-16,27-30,33-35H2,1,3H3,(H,54,62)(H,55,61)/t39-,44+,49-,50+,51+,53+/m0/s1. The minimum atomic E-state index is -4.37. The summed E-state index contributed by atoms with van der Waals surface area (Å²) in [6.07, 6.45) is 7.23. The Morgan fingerprint density at radius 2 is 1.69 bits per heavy atom. The number of nitro groups is 1. The van der Waals surface area contributed by atoms with Crippen molar-refractivity contribution in [2.45, 2.75) is 101 Å². The number of fused-ring (bicyclic) bond motifs is 2. The Bertz CT molecular complexity index is 2660. The van der Waals surface area contributed by atoms with Crippen LogP contribution in [0, 0.1) is 27.9 Å². The van der Waals surface area contributed by atoms with E-state index in [2.05, 4.69) is 23.3 Å². The van der Waals surface area contributed by atoms with Gasteiger partial charge < -0.3 is 39.9 Å². The van der Waals surface area contributed by atoms with Crippen LogP contribution in [0.5, 0.6) is 11.5 Å². The summed E-state index contributed by atoms with van der Waals surface area (Å²) in [5.41, 5.74) is 3.72. The summed E-state index contributed by atoms with van der Waals surface area (Å²) in [4.78, 5) is 42.3. The van der Waals surface area contributed by atoms with E-state index in [1.54, 1.807) is 36.4 Å². The van der Waals surface area contributed by atoms with Crippen molar-refractivity contribution in [2.75, 3.05) is 31.7 Å². The monoisotopic (exact) mass is 993 g/mol. The lowest BCUT2D eigenvalue weighted by molar-refractivity contribution is -0.384. The number of carbonyl (C=O) groups excluding carboxylic acids is 2. The molecule has 18 heteroatoms. The van der Waals surface area contributed by atoms with Gasteiger partial charge in [0.15, 0.2) is 0 Å². The Morgan fingerprint density at radius 3 is 2.35 bits per heavy atom. The van der Waals surface area contributed by atoms with Crippen molar-refractivity contribution in [1.29, 1.82) is 0 Å². The predicted octanol–water partition coefficient (Wildman–Crippen LogP) is 8.78. The number of oxime groups is 1. The van der Waals surface area contributed by atoms with Gasteiger partial charge in [-0.3, -0.25) is 14.9 Å². The molecule has 0 radical (unpaired) electrons. The number of non-ortho nitro benzene ring substituents is 1. The van der Waals surface area contributed by atoms with Crippen molar-refractivity contribution < 1.29 is 52.2 Å². The van der Waals surface area contributed by atoms with Crippen LogP contribution in [-0.4, -0.2) is 83.8 Å². The number of unbranched alkanes of at least 4 members (excludes halogenated alkanes) is 2. The molecule has 0 spiro atoms. The van der Waals surface area contributed by atoms with Crippen LogP contribution < -0.4 is 20.1 Å². The maximum Gasteiger partial charge on any atom is 0.412 e. The number of rotatable bonds is 24. The number of hydrogen-bond donors (Lipinski definition) is 4. The summed E-state index contributed by atoms with van der Waals surface area (Å²) in [5.74, 6) is -2.90. The molecular formula is C53H63N5O12S. The van der Waals surface area contributed by atoms with Gasteiger partial charge in [0.25, 0.3) is 5.69 Å². The molecule has 2 amide bonds. The smallest absolute Gasteiger partial charge is 0.412 e. The average Bonchev–Trinajstić information content (AvgIpc) is 3.36. The van der Waals surface area contributed by atoms with E-state index in [-0.39, 0.29) is 80.0 Å².